The van der Waals surface area contributed by atoms with Gasteiger partial charge in [-0.05, 0) is 44.2 Å². The van der Waals surface area contributed by atoms with Crippen molar-refractivity contribution in [2.45, 2.75) is 45.3 Å². The number of rotatable bonds is 4. The summed E-state index contributed by atoms with van der Waals surface area (Å²) in [5.41, 5.74) is 1.49. The third kappa shape index (κ3) is 4.48. The lowest BCUT2D eigenvalue weighted by Crippen LogP contribution is -2.32. The average Bonchev–Trinajstić information content (AvgIpc) is 3.15. The summed E-state index contributed by atoms with van der Waals surface area (Å²) in [4.78, 5) is 22.4. The van der Waals surface area contributed by atoms with Crippen LogP contribution < -0.4 is 5.32 Å². The molecule has 5 heteroatoms. The first kappa shape index (κ1) is 15.4. The number of hydrogen-bond acceptors (Lipinski definition) is 3. The summed E-state index contributed by atoms with van der Waals surface area (Å²) in [6.45, 7) is 5.84. The lowest BCUT2D eigenvalue weighted by atomic mass is 10.1. The number of carboxylic acid groups (broad SMARTS) is 1. The first-order valence-corrected chi connectivity index (χ1v) is 7.05. The molecular weight excluding hydrogens is 270 g/mol. The van der Waals surface area contributed by atoms with Gasteiger partial charge in [0.2, 0.25) is 0 Å². The molecule has 1 amide bonds. The van der Waals surface area contributed by atoms with E-state index in [0.29, 0.717) is 13.0 Å². The number of amides is 1. The summed E-state index contributed by atoms with van der Waals surface area (Å²) in [5, 5.41) is 11.6. The molecule has 0 heterocycles. The Labute approximate surface area is 124 Å². The Balaban J connectivity index is 1.83. The fourth-order valence-electron chi connectivity index (χ4n) is 2.21. The molecule has 1 fully saturated rings. The molecule has 5 nitrogen and oxygen atoms in total. The Bertz CT molecular complexity index is 530. The zero-order valence-electron chi connectivity index (χ0n) is 12.6. The van der Waals surface area contributed by atoms with Crippen molar-refractivity contribution in [3.8, 4) is 0 Å². The van der Waals surface area contributed by atoms with Gasteiger partial charge in [0.05, 0.1) is 5.92 Å². The summed E-state index contributed by atoms with van der Waals surface area (Å²) in [7, 11) is 0. The Hall–Kier alpha value is -2.04. The molecule has 0 aromatic heterocycles. The highest BCUT2D eigenvalue weighted by atomic mass is 16.6. The van der Waals surface area contributed by atoms with Crippen LogP contribution in [-0.2, 0) is 16.1 Å². The van der Waals surface area contributed by atoms with E-state index in [1.165, 1.54) is 0 Å². The number of carbonyl (C=O) groups is 2. The van der Waals surface area contributed by atoms with Gasteiger partial charge in [0.25, 0.3) is 0 Å². The van der Waals surface area contributed by atoms with Gasteiger partial charge in [-0.25, -0.2) is 4.79 Å². The maximum atomic E-state index is 11.5. The predicted molar refractivity (Wildman–Crippen MR) is 78.0 cm³/mol. The molecule has 0 radical (unpaired) electrons. The summed E-state index contributed by atoms with van der Waals surface area (Å²) >= 11 is 0. The van der Waals surface area contributed by atoms with E-state index in [1.54, 1.807) is 0 Å². The number of nitrogens with one attached hydrogen (secondary N) is 1. The normalized spacial score (nSPS) is 20.7. The molecule has 2 N–H and O–H groups in total. The second kappa shape index (κ2) is 5.76. The van der Waals surface area contributed by atoms with Crippen LogP contribution in [0.2, 0.25) is 0 Å². The van der Waals surface area contributed by atoms with Crippen LogP contribution >= 0.6 is 0 Å². The molecule has 1 aliphatic carbocycles. The molecule has 1 aromatic rings. The molecule has 0 unspecified atom stereocenters. The van der Waals surface area contributed by atoms with Gasteiger partial charge < -0.3 is 15.2 Å². The molecule has 1 aliphatic rings. The minimum absolute atomic E-state index is 0.135. The van der Waals surface area contributed by atoms with Gasteiger partial charge in [-0.3, -0.25) is 4.79 Å². The monoisotopic (exact) mass is 291 g/mol. The van der Waals surface area contributed by atoms with Crippen molar-refractivity contribution in [3.05, 3.63) is 35.4 Å². The first-order chi connectivity index (χ1) is 9.76. The molecule has 0 bridgehead atoms. The van der Waals surface area contributed by atoms with Crippen LogP contribution in [0.5, 0.6) is 0 Å². The Kier molecular flexibility index (Phi) is 4.21. The van der Waals surface area contributed by atoms with Gasteiger partial charge in [0, 0.05) is 6.54 Å². The van der Waals surface area contributed by atoms with Crippen LogP contribution in [0.3, 0.4) is 0 Å². The van der Waals surface area contributed by atoms with Crippen LogP contribution in [0.4, 0.5) is 4.79 Å². The molecule has 0 spiro atoms. The molecule has 21 heavy (non-hydrogen) atoms. The number of hydrogen-bond donors (Lipinski definition) is 2. The lowest BCUT2D eigenvalue weighted by molar-refractivity contribution is -0.138. The molecule has 2 atom stereocenters. The summed E-state index contributed by atoms with van der Waals surface area (Å²) in [5.74, 6) is -0.832. The molecule has 2 rings (SSSR count). The van der Waals surface area contributed by atoms with E-state index in [-0.39, 0.29) is 11.8 Å². The van der Waals surface area contributed by atoms with E-state index >= 15 is 0 Å². The van der Waals surface area contributed by atoms with Crippen molar-refractivity contribution in [2.24, 2.45) is 5.92 Å². The molecule has 0 saturated heterocycles. The predicted octanol–water partition coefficient (Wildman–Crippen LogP) is 2.90. The second-order valence-electron chi connectivity index (χ2n) is 6.38. The number of aliphatic carboxylic acids is 1. The standard InChI is InChI=1S/C16H21NO4/c1-16(2,3)21-15(20)17-9-10-4-6-11(7-5-10)12-8-13(12)14(18)19/h4-7,12-13H,8-9H2,1-3H3,(H,17,20)(H,18,19)/t12-,13+/m1/s1. The van der Waals surface area contributed by atoms with E-state index in [0.717, 1.165) is 11.1 Å². The van der Waals surface area contributed by atoms with Crippen molar-refractivity contribution in [1.29, 1.82) is 0 Å². The van der Waals surface area contributed by atoms with Crippen molar-refractivity contribution in [1.82, 2.24) is 5.32 Å². The lowest BCUT2D eigenvalue weighted by Gasteiger charge is -2.19. The van der Waals surface area contributed by atoms with Crippen LogP contribution in [0.1, 0.15) is 44.2 Å². The molecule has 1 aromatic carbocycles. The third-order valence-electron chi connectivity index (χ3n) is 3.35. The highest BCUT2D eigenvalue weighted by Gasteiger charge is 2.43. The van der Waals surface area contributed by atoms with Gasteiger partial charge in [-0.2, -0.15) is 0 Å². The van der Waals surface area contributed by atoms with Gasteiger partial charge in [0.1, 0.15) is 5.60 Å². The number of alkyl carbamates (subject to hydrolysis) is 1. The van der Waals surface area contributed by atoms with Gasteiger partial charge in [0.15, 0.2) is 0 Å². The Morgan fingerprint density at radius 3 is 2.38 bits per heavy atom. The maximum absolute atomic E-state index is 11.5. The number of ether oxygens (including phenoxy) is 1. The van der Waals surface area contributed by atoms with Crippen LogP contribution in [-0.4, -0.2) is 22.8 Å². The zero-order valence-corrected chi connectivity index (χ0v) is 12.6. The number of carboxylic acids is 1. The highest BCUT2D eigenvalue weighted by Crippen LogP contribution is 2.47. The zero-order chi connectivity index (χ0) is 15.6. The quantitative estimate of drug-likeness (QED) is 0.894. The van der Waals surface area contributed by atoms with Gasteiger partial charge in [-0.15, -0.1) is 0 Å². The fraction of sp³-hybridized carbons (Fsp3) is 0.500. The minimum Gasteiger partial charge on any atom is -0.481 e. The largest absolute Gasteiger partial charge is 0.481 e. The summed E-state index contributed by atoms with van der Waals surface area (Å²) in [6.07, 6.45) is 0.268. The molecule has 0 aliphatic heterocycles. The SMILES string of the molecule is CC(C)(C)OC(=O)NCc1ccc([C@H]2C[C@@H]2C(=O)O)cc1. The van der Waals surface area contributed by atoms with Crippen LogP contribution in [0, 0.1) is 5.92 Å². The topological polar surface area (TPSA) is 75.6 Å². The molecular formula is C16H21NO4. The third-order valence-corrected chi connectivity index (χ3v) is 3.35. The Morgan fingerprint density at radius 2 is 1.90 bits per heavy atom. The highest BCUT2D eigenvalue weighted by molar-refractivity contribution is 5.75. The number of benzene rings is 1. The van der Waals surface area contributed by atoms with E-state index in [1.807, 2.05) is 45.0 Å². The number of carbonyl (C=O) groups excluding carboxylic acids is 1. The second-order valence-corrected chi connectivity index (χ2v) is 6.38. The van der Waals surface area contributed by atoms with E-state index < -0.39 is 17.7 Å². The fourth-order valence-corrected chi connectivity index (χ4v) is 2.21. The minimum atomic E-state index is -0.726. The summed E-state index contributed by atoms with van der Waals surface area (Å²) in [6, 6.07) is 7.67. The Morgan fingerprint density at radius 1 is 1.29 bits per heavy atom. The van der Waals surface area contributed by atoms with E-state index in [4.69, 9.17) is 9.84 Å². The van der Waals surface area contributed by atoms with Crippen molar-refractivity contribution < 1.29 is 19.4 Å². The van der Waals surface area contributed by atoms with E-state index in [2.05, 4.69) is 5.32 Å². The van der Waals surface area contributed by atoms with Crippen molar-refractivity contribution in [2.75, 3.05) is 0 Å². The van der Waals surface area contributed by atoms with Crippen LogP contribution in [0.15, 0.2) is 24.3 Å². The maximum Gasteiger partial charge on any atom is 0.407 e. The smallest absolute Gasteiger partial charge is 0.407 e. The first-order valence-electron chi connectivity index (χ1n) is 7.05. The van der Waals surface area contributed by atoms with Crippen molar-refractivity contribution in [3.63, 3.8) is 0 Å². The van der Waals surface area contributed by atoms with Gasteiger partial charge in [-0.1, -0.05) is 24.3 Å². The summed E-state index contributed by atoms with van der Waals surface area (Å²) < 4.78 is 5.16. The van der Waals surface area contributed by atoms with Crippen molar-refractivity contribution >= 4 is 12.1 Å². The van der Waals surface area contributed by atoms with Crippen LogP contribution in [0.25, 0.3) is 0 Å². The molecule has 1 saturated carbocycles. The van der Waals surface area contributed by atoms with Gasteiger partial charge >= 0.3 is 12.1 Å². The van der Waals surface area contributed by atoms with E-state index in [9.17, 15) is 9.59 Å². The molecule has 114 valence electrons. The average molecular weight is 291 g/mol.